The zero-order chi connectivity index (χ0) is 13.7. The molecular weight excluding hydrogens is 296 g/mol. The minimum Gasteiger partial charge on any atom is -0.392 e. The number of anilines is 1. The predicted octanol–water partition coefficient (Wildman–Crippen LogP) is 3.07. The molecule has 0 radical (unpaired) electrons. The molecule has 100 valence electrons. The molecule has 0 aliphatic rings. The minimum absolute atomic E-state index is 0.0297. The Labute approximate surface area is 116 Å². The number of nitrogens with one attached hydrogen (secondary N) is 1. The maximum atomic E-state index is 12.1. The standard InChI is InChI=1S/C13H19BrN2O2/c1-9(2)16(8-10(3)17)13(18)15-12-7-5-4-6-11(12)14/h4-7,9-10,17H,8H2,1-3H3,(H,15,18). The normalized spacial score (nSPS) is 12.3. The molecule has 18 heavy (non-hydrogen) atoms. The zero-order valence-corrected chi connectivity index (χ0v) is 12.4. The number of benzene rings is 1. The van der Waals surface area contributed by atoms with Crippen LogP contribution in [-0.4, -0.2) is 34.7 Å². The van der Waals surface area contributed by atoms with E-state index in [-0.39, 0.29) is 12.1 Å². The Morgan fingerprint density at radius 1 is 1.39 bits per heavy atom. The number of hydrogen-bond donors (Lipinski definition) is 2. The third kappa shape index (κ3) is 4.31. The van der Waals surface area contributed by atoms with Gasteiger partial charge in [0, 0.05) is 17.1 Å². The van der Waals surface area contributed by atoms with Crippen LogP contribution in [0.4, 0.5) is 10.5 Å². The van der Waals surface area contributed by atoms with Crippen LogP contribution in [0.1, 0.15) is 20.8 Å². The van der Waals surface area contributed by atoms with Crippen molar-refractivity contribution in [3.05, 3.63) is 28.7 Å². The van der Waals surface area contributed by atoms with Gasteiger partial charge < -0.3 is 15.3 Å². The Hall–Kier alpha value is -1.07. The summed E-state index contributed by atoms with van der Waals surface area (Å²) in [5, 5.41) is 12.2. The van der Waals surface area contributed by atoms with Crippen molar-refractivity contribution in [1.82, 2.24) is 4.90 Å². The molecule has 0 spiro atoms. The Bertz CT molecular complexity index is 408. The second-order valence-electron chi connectivity index (χ2n) is 4.51. The van der Waals surface area contributed by atoms with E-state index in [9.17, 15) is 9.90 Å². The first-order valence-corrected chi connectivity index (χ1v) is 6.71. The number of aliphatic hydroxyl groups excluding tert-OH is 1. The van der Waals surface area contributed by atoms with Crippen molar-refractivity contribution < 1.29 is 9.90 Å². The smallest absolute Gasteiger partial charge is 0.322 e. The van der Waals surface area contributed by atoms with Crippen LogP contribution < -0.4 is 5.32 Å². The van der Waals surface area contributed by atoms with Crippen molar-refractivity contribution in [2.45, 2.75) is 32.9 Å². The van der Waals surface area contributed by atoms with E-state index in [1.165, 1.54) is 0 Å². The van der Waals surface area contributed by atoms with Crippen LogP contribution in [0.15, 0.2) is 28.7 Å². The summed E-state index contributed by atoms with van der Waals surface area (Å²) in [6, 6.07) is 7.25. The fourth-order valence-electron chi connectivity index (χ4n) is 1.56. The van der Waals surface area contributed by atoms with Crippen LogP contribution in [0.3, 0.4) is 0 Å². The molecule has 0 heterocycles. The highest BCUT2D eigenvalue weighted by atomic mass is 79.9. The molecule has 2 amide bonds. The Morgan fingerprint density at radius 3 is 2.50 bits per heavy atom. The number of carbonyl (C=O) groups excluding carboxylic acids is 1. The van der Waals surface area contributed by atoms with Gasteiger partial charge in [-0.1, -0.05) is 12.1 Å². The molecule has 5 heteroatoms. The number of halogens is 1. The van der Waals surface area contributed by atoms with E-state index in [0.717, 1.165) is 10.2 Å². The number of nitrogens with zero attached hydrogens (tertiary/aromatic N) is 1. The molecule has 1 atom stereocenters. The van der Waals surface area contributed by atoms with Crippen molar-refractivity contribution >= 4 is 27.6 Å². The Morgan fingerprint density at radius 2 is 2.00 bits per heavy atom. The van der Waals surface area contributed by atoms with Gasteiger partial charge in [0.25, 0.3) is 0 Å². The molecular formula is C13H19BrN2O2. The summed E-state index contributed by atoms with van der Waals surface area (Å²) in [4.78, 5) is 13.7. The van der Waals surface area contributed by atoms with Crippen molar-refractivity contribution in [3.8, 4) is 0 Å². The second-order valence-corrected chi connectivity index (χ2v) is 5.36. The van der Waals surface area contributed by atoms with Crippen molar-refractivity contribution in [2.24, 2.45) is 0 Å². The SMILES string of the molecule is CC(O)CN(C(=O)Nc1ccccc1Br)C(C)C. The number of para-hydroxylation sites is 1. The van der Waals surface area contributed by atoms with Gasteiger partial charge in [0.1, 0.15) is 0 Å². The predicted molar refractivity (Wildman–Crippen MR) is 76.7 cm³/mol. The van der Waals surface area contributed by atoms with Gasteiger partial charge in [0.2, 0.25) is 0 Å². The first-order valence-electron chi connectivity index (χ1n) is 5.92. The molecule has 0 aliphatic carbocycles. The van der Waals surface area contributed by atoms with Gasteiger partial charge in [-0.25, -0.2) is 4.79 Å². The van der Waals surface area contributed by atoms with Crippen molar-refractivity contribution in [1.29, 1.82) is 0 Å². The van der Waals surface area contributed by atoms with Crippen LogP contribution in [0, 0.1) is 0 Å². The summed E-state index contributed by atoms with van der Waals surface area (Å²) in [5.41, 5.74) is 0.721. The fraction of sp³-hybridized carbons (Fsp3) is 0.462. The molecule has 4 nitrogen and oxygen atoms in total. The van der Waals surface area contributed by atoms with Crippen LogP contribution in [-0.2, 0) is 0 Å². The molecule has 0 fully saturated rings. The summed E-state index contributed by atoms with van der Waals surface area (Å²) < 4.78 is 0.833. The number of urea groups is 1. The summed E-state index contributed by atoms with van der Waals surface area (Å²) in [5.74, 6) is 0. The van der Waals surface area contributed by atoms with Gasteiger partial charge in [-0.15, -0.1) is 0 Å². The summed E-state index contributed by atoms with van der Waals surface area (Å²) in [6.07, 6.45) is -0.544. The molecule has 2 N–H and O–H groups in total. The topological polar surface area (TPSA) is 52.6 Å². The van der Waals surface area contributed by atoms with Gasteiger partial charge in [0.05, 0.1) is 11.8 Å². The number of rotatable bonds is 4. The lowest BCUT2D eigenvalue weighted by Gasteiger charge is -2.28. The molecule has 0 aliphatic heterocycles. The summed E-state index contributed by atoms with van der Waals surface area (Å²) >= 11 is 3.38. The number of amides is 2. The monoisotopic (exact) mass is 314 g/mol. The maximum Gasteiger partial charge on any atom is 0.322 e. The van der Waals surface area contributed by atoms with Crippen molar-refractivity contribution in [3.63, 3.8) is 0 Å². The number of hydrogen-bond acceptors (Lipinski definition) is 2. The lowest BCUT2D eigenvalue weighted by molar-refractivity contribution is 0.125. The largest absolute Gasteiger partial charge is 0.392 e. The minimum atomic E-state index is -0.544. The van der Waals surface area contributed by atoms with Gasteiger partial charge >= 0.3 is 6.03 Å². The second kappa shape index (κ2) is 6.75. The highest BCUT2D eigenvalue weighted by Gasteiger charge is 2.19. The van der Waals surface area contributed by atoms with E-state index in [4.69, 9.17) is 0 Å². The quantitative estimate of drug-likeness (QED) is 0.897. The van der Waals surface area contributed by atoms with Crippen LogP contribution in [0.5, 0.6) is 0 Å². The van der Waals surface area contributed by atoms with Gasteiger partial charge in [0.15, 0.2) is 0 Å². The van der Waals surface area contributed by atoms with Gasteiger partial charge in [-0.05, 0) is 48.8 Å². The number of carbonyl (C=O) groups is 1. The van der Waals surface area contributed by atoms with E-state index in [0.29, 0.717) is 6.54 Å². The summed E-state index contributed by atoms with van der Waals surface area (Å²) in [6.45, 7) is 5.82. The van der Waals surface area contributed by atoms with E-state index in [2.05, 4.69) is 21.2 Å². The van der Waals surface area contributed by atoms with Gasteiger partial charge in [-0.2, -0.15) is 0 Å². The third-order valence-electron chi connectivity index (χ3n) is 2.46. The van der Waals surface area contributed by atoms with E-state index in [1.807, 2.05) is 38.1 Å². The van der Waals surface area contributed by atoms with E-state index >= 15 is 0 Å². The van der Waals surface area contributed by atoms with Crippen LogP contribution in [0.2, 0.25) is 0 Å². The average Bonchev–Trinajstić information content (AvgIpc) is 2.28. The molecule has 0 aromatic heterocycles. The lowest BCUT2D eigenvalue weighted by Crippen LogP contribution is -2.43. The first kappa shape index (κ1) is 15.0. The molecule has 0 saturated heterocycles. The van der Waals surface area contributed by atoms with Gasteiger partial charge in [-0.3, -0.25) is 0 Å². The highest BCUT2D eigenvalue weighted by molar-refractivity contribution is 9.10. The molecule has 1 rings (SSSR count). The lowest BCUT2D eigenvalue weighted by atomic mass is 10.3. The Kier molecular flexibility index (Phi) is 5.62. The first-order chi connectivity index (χ1) is 8.41. The van der Waals surface area contributed by atoms with E-state index < -0.39 is 6.10 Å². The molecule has 1 aromatic carbocycles. The van der Waals surface area contributed by atoms with Crippen molar-refractivity contribution in [2.75, 3.05) is 11.9 Å². The molecule has 1 aromatic rings. The average molecular weight is 315 g/mol. The molecule has 0 bridgehead atoms. The maximum absolute atomic E-state index is 12.1. The molecule has 1 unspecified atom stereocenters. The summed E-state index contributed by atoms with van der Waals surface area (Å²) in [7, 11) is 0. The van der Waals surface area contributed by atoms with Crippen LogP contribution >= 0.6 is 15.9 Å². The van der Waals surface area contributed by atoms with E-state index in [1.54, 1.807) is 11.8 Å². The van der Waals surface area contributed by atoms with Crippen LogP contribution in [0.25, 0.3) is 0 Å². The molecule has 0 saturated carbocycles. The number of aliphatic hydroxyl groups is 1. The zero-order valence-electron chi connectivity index (χ0n) is 10.9. The highest BCUT2D eigenvalue weighted by Crippen LogP contribution is 2.21. The third-order valence-corrected chi connectivity index (χ3v) is 3.15. The Balaban J connectivity index is 2.76. The fourth-order valence-corrected chi connectivity index (χ4v) is 1.95.